The number of hydrogen-bond acceptors (Lipinski definition) is 3. The van der Waals surface area contributed by atoms with Crippen LogP contribution in [0.5, 0.6) is 5.75 Å². The molecule has 1 atom stereocenters. The molecule has 21 heavy (non-hydrogen) atoms. The van der Waals surface area contributed by atoms with Gasteiger partial charge in [0.15, 0.2) is 6.61 Å². The first-order valence-corrected chi connectivity index (χ1v) is 7.96. The molecule has 1 heterocycles. The van der Waals surface area contributed by atoms with Crippen molar-refractivity contribution in [2.45, 2.75) is 19.9 Å². The summed E-state index contributed by atoms with van der Waals surface area (Å²) >= 11 is 13.2. The molecule has 0 bridgehead atoms. The maximum absolute atomic E-state index is 11.9. The van der Waals surface area contributed by atoms with E-state index in [0.717, 1.165) is 10.4 Å². The Balaban J connectivity index is 1.87. The van der Waals surface area contributed by atoms with Crippen LogP contribution in [-0.4, -0.2) is 12.5 Å². The van der Waals surface area contributed by atoms with Gasteiger partial charge < -0.3 is 10.1 Å². The predicted octanol–water partition coefficient (Wildman–Crippen LogP) is 4.62. The second kappa shape index (κ2) is 7.16. The molecule has 2 aromatic rings. The van der Waals surface area contributed by atoms with E-state index >= 15 is 0 Å². The minimum absolute atomic E-state index is 0.0358. The summed E-state index contributed by atoms with van der Waals surface area (Å²) in [6, 6.07) is 8.92. The summed E-state index contributed by atoms with van der Waals surface area (Å²) in [4.78, 5) is 12.9. The number of amides is 1. The lowest BCUT2D eigenvalue weighted by Gasteiger charge is -2.13. The Morgan fingerprint density at radius 2 is 2.10 bits per heavy atom. The van der Waals surface area contributed by atoms with Gasteiger partial charge in [-0.1, -0.05) is 23.2 Å². The lowest BCUT2D eigenvalue weighted by Crippen LogP contribution is -2.30. The van der Waals surface area contributed by atoms with Crippen LogP contribution >= 0.6 is 34.5 Å². The molecule has 0 saturated carbocycles. The molecule has 3 nitrogen and oxygen atoms in total. The van der Waals surface area contributed by atoms with Gasteiger partial charge in [0.2, 0.25) is 0 Å². The Morgan fingerprint density at radius 1 is 1.33 bits per heavy atom. The number of halogens is 2. The highest BCUT2D eigenvalue weighted by atomic mass is 35.5. The van der Waals surface area contributed by atoms with Gasteiger partial charge in [-0.25, -0.2) is 0 Å². The smallest absolute Gasteiger partial charge is 0.258 e. The third-order valence-corrected chi connectivity index (χ3v) is 4.54. The zero-order valence-corrected chi connectivity index (χ0v) is 14.0. The molecule has 0 aliphatic heterocycles. The van der Waals surface area contributed by atoms with E-state index in [1.165, 1.54) is 11.3 Å². The van der Waals surface area contributed by atoms with Gasteiger partial charge in [0.05, 0.1) is 10.4 Å². The summed E-state index contributed by atoms with van der Waals surface area (Å²) in [6.07, 6.45) is 0. The van der Waals surface area contributed by atoms with Crippen molar-refractivity contribution in [2.75, 3.05) is 6.61 Å². The fourth-order valence-corrected chi connectivity index (χ4v) is 3.12. The Kier molecular flexibility index (Phi) is 5.51. The van der Waals surface area contributed by atoms with E-state index in [1.54, 1.807) is 18.2 Å². The van der Waals surface area contributed by atoms with Crippen molar-refractivity contribution in [1.82, 2.24) is 5.32 Å². The monoisotopic (exact) mass is 343 g/mol. The average molecular weight is 344 g/mol. The number of aryl methyl sites for hydroxylation is 1. The fraction of sp³-hybridized carbons (Fsp3) is 0.267. The van der Waals surface area contributed by atoms with Crippen molar-refractivity contribution in [2.24, 2.45) is 0 Å². The Labute approximate surface area is 137 Å². The molecule has 2 rings (SSSR count). The minimum atomic E-state index is -0.179. The third kappa shape index (κ3) is 4.63. The molecule has 0 spiro atoms. The summed E-state index contributed by atoms with van der Waals surface area (Å²) < 4.78 is 6.21. The highest BCUT2D eigenvalue weighted by Crippen LogP contribution is 2.26. The number of hydrogen-bond donors (Lipinski definition) is 1. The van der Waals surface area contributed by atoms with Gasteiger partial charge in [0.1, 0.15) is 5.75 Å². The molecule has 0 aliphatic rings. The van der Waals surface area contributed by atoms with Crippen LogP contribution in [0.4, 0.5) is 0 Å². The summed E-state index contributed by atoms with van der Waals surface area (Å²) in [5, 5.41) is 3.52. The van der Waals surface area contributed by atoms with E-state index in [1.807, 2.05) is 26.0 Å². The van der Waals surface area contributed by atoms with Crippen molar-refractivity contribution >= 4 is 40.4 Å². The van der Waals surface area contributed by atoms with Gasteiger partial charge in [-0.15, -0.1) is 11.3 Å². The van der Waals surface area contributed by atoms with Crippen molar-refractivity contribution < 1.29 is 9.53 Å². The molecule has 1 amide bonds. The molecule has 0 radical (unpaired) electrons. The molecule has 0 aliphatic carbocycles. The van der Waals surface area contributed by atoms with Crippen LogP contribution in [0.1, 0.15) is 23.4 Å². The molecule has 112 valence electrons. The lowest BCUT2D eigenvalue weighted by atomic mass is 10.2. The van der Waals surface area contributed by atoms with E-state index in [0.29, 0.717) is 15.1 Å². The number of thiophene rings is 1. The summed E-state index contributed by atoms with van der Waals surface area (Å²) in [7, 11) is 0. The van der Waals surface area contributed by atoms with Crippen LogP contribution in [0, 0.1) is 6.92 Å². The van der Waals surface area contributed by atoms with Crippen molar-refractivity contribution in [3.05, 3.63) is 50.1 Å². The average Bonchev–Trinajstić information content (AvgIpc) is 2.84. The number of benzene rings is 1. The molecule has 1 aromatic carbocycles. The molecule has 1 aromatic heterocycles. The lowest BCUT2D eigenvalue weighted by molar-refractivity contribution is -0.123. The largest absolute Gasteiger partial charge is 0.484 e. The van der Waals surface area contributed by atoms with Crippen LogP contribution < -0.4 is 10.1 Å². The molecule has 0 saturated heterocycles. The predicted molar refractivity (Wildman–Crippen MR) is 87.6 cm³/mol. The molecular weight excluding hydrogens is 329 g/mol. The Hall–Kier alpha value is -1.23. The van der Waals surface area contributed by atoms with Crippen molar-refractivity contribution in [3.8, 4) is 5.75 Å². The molecular formula is C15H15Cl2NO2S. The van der Waals surface area contributed by atoms with Crippen LogP contribution in [0.2, 0.25) is 9.36 Å². The molecule has 0 fully saturated rings. The minimum Gasteiger partial charge on any atom is -0.484 e. The van der Waals surface area contributed by atoms with Crippen LogP contribution in [0.25, 0.3) is 0 Å². The van der Waals surface area contributed by atoms with Gasteiger partial charge in [0, 0.05) is 9.90 Å². The normalized spacial score (nSPS) is 12.0. The highest BCUT2D eigenvalue weighted by molar-refractivity contribution is 7.16. The second-order valence-electron chi connectivity index (χ2n) is 4.63. The number of rotatable bonds is 5. The Bertz CT molecular complexity index is 642. The summed E-state index contributed by atoms with van der Waals surface area (Å²) in [5.74, 6) is 0.475. The van der Waals surface area contributed by atoms with E-state index in [4.69, 9.17) is 27.9 Å². The van der Waals surface area contributed by atoms with Gasteiger partial charge in [-0.3, -0.25) is 4.79 Å². The highest BCUT2D eigenvalue weighted by Gasteiger charge is 2.12. The van der Waals surface area contributed by atoms with Gasteiger partial charge >= 0.3 is 0 Å². The van der Waals surface area contributed by atoms with Crippen LogP contribution in [0.15, 0.2) is 30.3 Å². The maximum atomic E-state index is 11.9. The van der Waals surface area contributed by atoms with E-state index in [2.05, 4.69) is 5.32 Å². The zero-order valence-electron chi connectivity index (χ0n) is 11.7. The van der Waals surface area contributed by atoms with Crippen molar-refractivity contribution in [3.63, 3.8) is 0 Å². The summed E-state index contributed by atoms with van der Waals surface area (Å²) in [5.41, 5.74) is 0.897. The van der Waals surface area contributed by atoms with E-state index < -0.39 is 0 Å². The standard InChI is InChI=1S/C15H15Cl2NO2S/c1-9-7-11(16)3-4-12(9)20-8-15(19)18-10(2)13-5-6-14(17)21-13/h3-7,10H,8H2,1-2H3,(H,18,19). The Morgan fingerprint density at radius 3 is 2.71 bits per heavy atom. The zero-order chi connectivity index (χ0) is 15.4. The molecule has 1 N–H and O–H groups in total. The topological polar surface area (TPSA) is 38.3 Å². The van der Waals surface area contributed by atoms with E-state index in [9.17, 15) is 4.79 Å². The van der Waals surface area contributed by atoms with E-state index in [-0.39, 0.29) is 18.6 Å². The number of nitrogens with one attached hydrogen (secondary N) is 1. The van der Waals surface area contributed by atoms with Crippen LogP contribution in [0.3, 0.4) is 0 Å². The first-order valence-electron chi connectivity index (χ1n) is 6.39. The van der Waals surface area contributed by atoms with Crippen LogP contribution in [-0.2, 0) is 4.79 Å². The summed E-state index contributed by atoms with van der Waals surface area (Å²) in [6.45, 7) is 3.76. The molecule has 6 heteroatoms. The van der Waals surface area contributed by atoms with Gasteiger partial charge in [0.25, 0.3) is 5.91 Å². The third-order valence-electron chi connectivity index (χ3n) is 2.89. The molecule has 1 unspecified atom stereocenters. The fourth-order valence-electron chi connectivity index (χ4n) is 1.83. The van der Waals surface area contributed by atoms with Gasteiger partial charge in [-0.05, 0) is 49.7 Å². The number of ether oxygens (including phenoxy) is 1. The van der Waals surface area contributed by atoms with Gasteiger partial charge in [-0.2, -0.15) is 0 Å². The first kappa shape index (κ1) is 16.1. The maximum Gasteiger partial charge on any atom is 0.258 e. The number of carbonyl (C=O) groups is 1. The van der Waals surface area contributed by atoms with Crippen molar-refractivity contribution in [1.29, 1.82) is 0 Å². The first-order chi connectivity index (χ1) is 9.95. The quantitative estimate of drug-likeness (QED) is 0.860. The SMILES string of the molecule is Cc1cc(Cl)ccc1OCC(=O)NC(C)c1ccc(Cl)s1. The second-order valence-corrected chi connectivity index (χ2v) is 6.81. The number of carbonyl (C=O) groups excluding carboxylic acids is 1.